The van der Waals surface area contributed by atoms with Crippen LogP contribution in [0.2, 0.25) is 10.0 Å². The summed E-state index contributed by atoms with van der Waals surface area (Å²) in [7, 11) is -3.92. The number of likely N-dealkylation sites (N-methyl/N-ethyl adjacent to an activating group) is 1. The van der Waals surface area contributed by atoms with Gasteiger partial charge >= 0.3 is 0 Å². The number of carbonyl (C=O) groups is 1. The van der Waals surface area contributed by atoms with Gasteiger partial charge in [-0.3, -0.25) is 4.79 Å². The molecule has 118 valence electrons. The zero-order chi connectivity index (χ0) is 16.2. The van der Waals surface area contributed by atoms with Gasteiger partial charge in [0.15, 0.2) is 0 Å². The molecule has 0 aliphatic carbocycles. The van der Waals surface area contributed by atoms with Crippen LogP contribution in [0.5, 0.6) is 0 Å². The van der Waals surface area contributed by atoms with Crippen LogP contribution in [0.25, 0.3) is 0 Å². The predicted molar refractivity (Wildman–Crippen MR) is 84.2 cm³/mol. The third-order valence-electron chi connectivity index (χ3n) is 2.96. The van der Waals surface area contributed by atoms with E-state index in [4.69, 9.17) is 23.2 Å². The second-order valence-electron chi connectivity index (χ2n) is 4.43. The maximum Gasteiger partial charge on any atom is 0.242 e. The van der Waals surface area contributed by atoms with E-state index in [1.165, 1.54) is 25.1 Å². The summed E-state index contributed by atoms with van der Waals surface area (Å²) < 4.78 is 26.9. The number of hydrogen-bond donors (Lipinski definition) is 1. The van der Waals surface area contributed by atoms with Crippen LogP contribution in [0.3, 0.4) is 0 Å². The quantitative estimate of drug-likeness (QED) is 0.855. The minimum atomic E-state index is -3.92. The number of carbonyl (C=O) groups excluding carboxylic acids is 1. The van der Waals surface area contributed by atoms with E-state index >= 15 is 0 Å². The Labute approximate surface area is 135 Å². The topological polar surface area (TPSA) is 66.5 Å². The van der Waals surface area contributed by atoms with Crippen LogP contribution in [0.4, 0.5) is 0 Å². The highest BCUT2D eigenvalue weighted by Crippen LogP contribution is 2.25. The van der Waals surface area contributed by atoms with E-state index < -0.39 is 16.1 Å². The fourth-order valence-electron chi connectivity index (χ4n) is 1.84. The molecule has 0 heterocycles. The minimum absolute atomic E-state index is 0.0504. The molecule has 0 unspecified atom stereocenters. The predicted octanol–water partition coefficient (Wildman–Crippen LogP) is 2.53. The highest BCUT2D eigenvalue weighted by atomic mass is 35.5. The van der Waals surface area contributed by atoms with Crippen LogP contribution in [0.15, 0.2) is 23.1 Å². The molecule has 0 aliphatic rings. The summed E-state index contributed by atoms with van der Waals surface area (Å²) in [6, 6.07) is 3.26. The monoisotopic (exact) mass is 352 g/mol. The van der Waals surface area contributed by atoms with Gasteiger partial charge in [0.1, 0.15) is 4.90 Å². The lowest BCUT2D eigenvalue weighted by Crippen LogP contribution is -2.46. The van der Waals surface area contributed by atoms with Crippen molar-refractivity contribution < 1.29 is 13.2 Å². The van der Waals surface area contributed by atoms with Gasteiger partial charge in [-0.1, -0.05) is 23.2 Å². The second-order valence-corrected chi connectivity index (χ2v) is 6.95. The molecule has 1 aromatic carbocycles. The number of amides is 1. The number of halogens is 2. The summed E-state index contributed by atoms with van der Waals surface area (Å²) in [5.41, 5.74) is 0. The van der Waals surface area contributed by atoms with Crippen LogP contribution >= 0.6 is 23.2 Å². The Morgan fingerprint density at radius 2 is 1.86 bits per heavy atom. The summed E-state index contributed by atoms with van der Waals surface area (Å²) in [6.45, 7) is 6.18. The van der Waals surface area contributed by atoms with Crippen LogP contribution in [-0.2, 0) is 14.8 Å². The molecule has 5 nitrogen and oxygen atoms in total. The van der Waals surface area contributed by atoms with E-state index in [-0.39, 0.29) is 20.8 Å². The van der Waals surface area contributed by atoms with Crippen molar-refractivity contribution in [2.24, 2.45) is 0 Å². The fraction of sp³-hybridized carbons (Fsp3) is 0.462. The maximum absolute atomic E-state index is 12.3. The Morgan fingerprint density at radius 1 is 1.29 bits per heavy atom. The molecule has 0 aliphatic heterocycles. The van der Waals surface area contributed by atoms with Crippen molar-refractivity contribution >= 4 is 39.1 Å². The van der Waals surface area contributed by atoms with Crippen LogP contribution in [-0.4, -0.2) is 38.4 Å². The molecule has 0 radical (unpaired) electrons. The highest BCUT2D eigenvalue weighted by molar-refractivity contribution is 7.89. The molecular weight excluding hydrogens is 335 g/mol. The lowest BCUT2D eigenvalue weighted by molar-refractivity contribution is -0.132. The van der Waals surface area contributed by atoms with E-state index in [9.17, 15) is 13.2 Å². The van der Waals surface area contributed by atoms with Crippen molar-refractivity contribution in [2.45, 2.75) is 31.7 Å². The third-order valence-corrected chi connectivity index (χ3v) is 5.22. The van der Waals surface area contributed by atoms with Crippen LogP contribution in [0, 0.1) is 0 Å². The number of benzene rings is 1. The Balaban J connectivity index is 3.00. The summed E-state index contributed by atoms with van der Waals surface area (Å²) in [6.07, 6.45) is 0. The Morgan fingerprint density at radius 3 is 2.38 bits per heavy atom. The van der Waals surface area contributed by atoms with E-state index in [1.807, 2.05) is 13.8 Å². The molecule has 1 N–H and O–H groups in total. The molecular formula is C13H18Cl2N2O3S. The van der Waals surface area contributed by atoms with E-state index in [0.29, 0.717) is 13.1 Å². The highest BCUT2D eigenvalue weighted by Gasteiger charge is 2.26. The lowest BCUT2D eigenvalue weighted by atomic mass is 10.3. The Hall–Kier alpha value is -0.820. The largest absolute Gasteiger partial charge is 0.342 e. The van der Waals surface area contributed by atoms with Crippen molar-refractivity contribution in [3.8, 4) is 0 Å². The average molecular weight is 353 g/mol. The average Bonchev–Trinajstić information content (AvgIpc) is 2.42. The third kappa shape index (κ3) is 4.57. The summed E-state index contributed by atoms with van der Waals surface area (Å²) in [5, 5.41) is 0.303. The van der Waals surface area contributed by atoms with Crippen molar-refractivity contribution in [3.63, 3.8) is 0 Å². The first-order valence-electron chi connectivity index (χ1n) is 6.49. The minimum Gasteiger partial charge on any atom is -0.342 e. The van der Waals surface area contributed by atoms with Gasteiger partial charge in [-0.25, -0.2) is 8.42 Å². The van der Waals surface area contributed by atoms with Gasteiger partial charge < -0.3 is 4.90 Å². The van der Waals surface area contributed by atoms with Gasteiger partial charge in [0.25, 0.3) is 0 Å². The smallest absolute Gasteiger partial charge is 0.242 e. The number of nitrogens with zero attached hydrogens (tertiary/aromatic N) is 1. The normalized spacial score (nSPS) is 13.0. The Bertz CT molecular complexity index is 616. The van der Waals surface area contributed by atoms with Crippen LogP contribution < -0.4 is 4.72 Å². The van der Waals surface area contributed by atoms with Gasteiger partial charge in [-0.2, -0.15) is 4.72 Å². The standard InChI is InChI=1S/C13H18Cl2N2O3S/c1-4-17(5-2)13(18)9(3)16-21(19,20)12-8-10(14)6-7-11(12)15/h6-9,16H,4-5H2,1-3H3/t9-/m0/s1. The van der Waals surface area contributed by atoms with Crippen molar-refractivity contribution in [2.75, 3.05) is 13.1 Å². The van der Waals surface area contributed by atoms with Crippen molar-refractivity contribution in [1.29, 1.82) is 0 Å². The molecule has 8 heteroatoms. The molecule has 0 fully saturated rings. The van der Waals surface area contributed by atoms with Crippen LogP contribution in [0.1, 0.15) is 20.8 Å². The molecule has 1 aromatic rings. The van der Waals surface area contributed by atoms with Gasteiger partial charge in [0, 0.05) is 18.1 Å². The summed E-state index contributed by atoms with van der Waals surface area (Å²) in [5.74, 6) is -0.290. The number of nitrogens with one attached hydrogen (secondary N) is 1. The molecule has 0 spiro atoms. The van der Waals surface area contributed by atoms with Crippen molar-refractivity contribution in [3.05, 3.63) is 28.2 Å². The van der Waals surface area contributed by atoms with Gasteiger partial charge in [0.2, 0.25) is 15.9 Å². The molecule has 0 saturated heterocycles. The zero-order valence-electron chi connectivity index (χ0n) is 12.1. The van der Waals surface area contributed by atoms with E-state index in [0.717, 1.165) is 0 Å². The van der Waals surface area contributed by atoms with Gasteiger partial charge in [-0.05, 0) is 39.0 Å². The summed E-state index contributed by atoms with van der Waals surface area (Å²) >= 11 is 11.7. The fourth-order valence-corrected chi connectivity index (χ4v) is 3.80. The number of rotatable bonds is 6. The van der Waals surface area contributed by atoms with E-state index in [2.05, 4.69) is 4.72 Å². The zero-order valence-corrected chi connectivity index (χ0v) is 14.4. The van der Waals surface area contributed by atoms with Gasteiger partial charge in [-0.15, -0.1) is 0 Å². The van der Waals surface area contributed by atoms with Gasteiger partial charge in [0.05, 0.1) is 11.1 Å². The molecule has 21 heavy (non-hydrogen) atoms. The molecule has 0 aromatic heterocycles. The molecule has 1 amide bonds. The van der Waals surface area contributed by atoms with Crippen molar-refractivity contribution in [1.82, 2.24) is 9.62 Å². The molecule has 1 atom stereocenters. The SMILES string of the molecule is CCN(CC)C(=O)[C@H](C)NS(=O)(=O)c1cc(Cl)ccc1Cl. The Kier molecular flexibility index (Phi) is 6.46. The number of hydrogen-bond acceptors (Lipinski definition) is 3. The first-order chi connectivity index (χ1) is 9.72. The number of sulfonamides is 1. The second kappa shape index (κ2) is 7.45. The molecule has 0 bridgehead atoms. The first kappa shape index (κ1) is 18.2. The first-order valence-corrected chi connectivity index (χ1v) is 8.73. The molecule has 0 saturated carbocycles. The molecule has 1 rings (SSSR count). The summed E-state index contributed by atoms with van der Waals surface area (Å²) in [4.78, 5) is 13.5. The maximum atomic E-state index is 12.3. The lowest BCUT2D eigenvalue weighted by Gasteiger charge is -2.23. The van der Waals surface area contributed by atoms with E-state index in [1.54, 1.807) is 4.90 Å².